The zero-order valence-corrected chi connectivity index (χ0v) is 14.7. The minimum atomic E-state index is -0.284. The van der Waals surface area contributed by atoms with Crippen LogP contribution in [0.1, 0.15) is 79.1 Å². The quantitative estimate of drug-likeness (QED) is 0.723. The van der Waals surface area contributed by atoms with Crippen molar-refractivity contribution in [2.24, 2.45) is 17.1 Å². The van der Waals surface area contributed by atoms with Crippen molar-refractivity contribution in [3.05, 3.63) is 0 Å². The summed E-state index contributed by atoms with van der Waals surface area (Å²) in [7, 11) is 0. The first-order chi connectivity index (χ1) is 10.0. The van der Waals surface area contributed by atoms with Crippen LogP contribution in [0, 0.1) is 11.3 Å². The third kappa shape index (κ3) is 4.70. The number of carbonyl (C=O) groups excluding carboxylic acids is 1. The second-order valence-electron chi connectivity index (χ2n) is 7.22. The van der Waals surface area contributed by atoms with Gasteiger partial charge in [0.05, 0.1) is 5.41 Å². The van der Waals surface area contributed by atoms with Gasteiger partial charge in [-0.3, -0.25) is 4.79 Å². The minimum Gasteiger partial charge on any atom is -0.339 e. The zero-order chi connectivity index (χ0) is 15.9. The molecule has 0 unspecified atom stereocenters. The number of rotatable bonds is 7. The van der Waals surface area contributed by atoms with E-state index in [1.54, 1.807) is 0 Å². The molecule has 0 bridgehead atoms. The Morgan fingerprint density at radius 1 is 1.10 bits per heavy atom. The highest BCUT2D eigenvalue weighted by Gasteiger charge is 2.41. The molecule has 1 saturated carbocycles. The van der Waals surface area contributed by atoms with Gasteiger partial charge in [0.2, 0.25) is 5.91 Å². The van der Waals surface area contributed by atoms with Crippen molar-refractivity contribution < 1.29 is 4.79 Å². The average Bonchev–Trinajstić information content (AvgIpc) is 2.72. The van der Waals surface area contributed by atoms with E-state index in [0.717, 1.165) is 45.1 Å². The molecule has 0 saturated heterocycles. The van der Waals surface area contributed by atoms with Gasteiger partial charge in [0.1, 0.15) is 0 Å². The normalized spacial score (nSPS) is 18.8. The Balaban J connectivity index is 2.99. The summed E-state index contributed by atoms with van der Waals surface area (Å²) >= 11 is 0. The highest BCUT2D eigenvalue weighted by atomic mass is 16.2. The minimum absolute atomic E-state index is 0.284. The standard InChI is InChI=1S/C18H36N2O/c1-5-16(6-2)20(13-15(3)4)17(21)18(14-19)11-9-7-8-10-12-18/h15-16H,5-14,19H2,1-4H3. The lowest BCUT2D eigenvalue weighted by molar-refractivity contribution is -0.146. The van der Waals surface area contributed by atoms with Crippen molar-refractivity contribution in [3.8, 4) is 0 Å². The number of carbonyl (C=O) groups is 1. The highest BCUT2D eigenvalue weighted by Crippen LogP contribution is 2.37. The van der Waals surface area contributed by atoms with E-state index in [1.165, 1.54) is 12.8 Å². The summed E-state index contributed by atoms with van der Waals surface area (Å²) in [5, 5.41) is 0. The first-order valence-electron chi connectivity index (χ1n) is 9.01. The second-order valence-corrected chi connectivity index (χ2v) is 7.22. The van der Waals surface area contributed by atoms with Gasteiger partial charge in [0, 0.05) is 19.1 Å². The number of nitrogens with two attached hydrogens (primary N) is 1. The summed E-state index contributed by atoms with van der Waals surface area (Å²) in [6.07, 6.45) is 8.86. The number of hydrogen-bond donors (Lipinski definition) is 1. The summed E-state index contributed by atoms with van der Waals surface area (Å²) < 4.78 is 0. The molecular weight excluding hydrogens is 260 g/mol. The summed E-state index contributed by atoms with van der Waals surface area (Å²) in [5.74, 6) is 0.851. The van der Waals surface area contributed by atoms with Crippen LogP contribution in [0.2, 0.25) is 0 Å². The Morgan fingerprint density at radius 2 is 1.62 bits per heavy atom. The summed E-state index contributed by atoms with van der Waals surface area (Å²) in [5.41, 5.74) is 5.83. The lowest BCUT2D eigenvalue weighted by atomic mass is 9.78. The van der Waals surface area contributed by atoms with E-state index in [4.69, 9.17) is 5.73 Å². The highest BCUT2D eigenvalue weighted by molar-refractivity contribution is 5.83. The van der Waals surface area contributed by atoms with Gasteiger partial charge in [0.25, 0.3) is 0 Å². The van der Waals surface area contributed by atoms with Gasteiger partial charge >= 0.3 is 0 Å². The molecule has 2 N–H and O–H groups in total. The van der Waals surface area contributed by atoms with E-state index in [-0.39, 0.29) is 5.41 Å². The molecule has 0 radical (unpaired) electrons. The summed E-state index contributed by atoms with van der Waals surface area (Å²) in [4.78, 5) is 15.5. The molecule has 21 heavy (non-hydrogen) atoms. The molecule has 1 fully saturated rings. The first-order valence-corrected chi connectivity index (χ1v) is 9.01. The van der Waals surface area contributed by atoms with Crippen LogP contribution in [0.4, 0.5) is 0 Å². The molecule has 0 heterocycles. The van der Waals surface area contributed by atoms with Crippen LogP contribution in [-0.2, 0) is 4.79 Å². The van der Waals surface area contributed by atoms with Crippen LogP contribution in [0.5, 0.6) is 0 Å². The Hall–Kier alpha value is -0.570. The van der Waals surface area contributed by atoms with Crippen molar-refractivity contribution in [3.63, 3.8) is 0 Å². The lowest BCUT2D eigenvalue weighted by Gasteiger charge is -2.40. The Labute approximate surface area is 131 Å². The van der Waals surface area contributed by atoms with E-state index in [2.05, 4.69) is 32.6 Å². The van der Waals surface area contributed by atoms with Crippen LogP contribution in [-0.4, -0.2) is 29.9 Å². The van der Waals surface area contributed by atoms with Crippen molar-refractivity contribution in [1.82, 2.24) is 4.90 Å². The monoisotopic (exact) mass is 296 g/mol. The van der Waals surface area contributed by atoms with Gasteiger partial charge in [-0.25, -0.2) is 0 Å². The molecule has 1 aliphatic rings. The molecule has 0 atom stereocenters. The fourth-order valence-corrected chi connectivity index (χ4v) is 3.74. The van der Waals surface area contributed by atoms with Crippen LogP contribution < -0.4 is 5.73 Å². The molecule has 1 amide bonds. The predicted octanol–water partition coefficient (Wildman–Crippen LogP) is 3.96. The molecule has 1 rings (SSSR count). The maximum Gasteiger partial charge on any atom is 0.230 e. The largest absolute Gasteiger partial charge is 0.339 e. The average molecular weight is 296 g/mol. The second kappa shape index (κ2) is 8.77. The fourth-order valence-electron chi connectivity index (χ4n) is 3.74. The van der Waals surface area contributed by atoms with E-state index in [0.29, 0.717) is 24.4 Å². The maximum atomic E-state index is 13.3. The van der Waals surface area contributed by atoms with Gasteiger partial charge in [-0.05, 0) is 31.6 Å². The van der Waals surface area contributed by atoms with Crippen molar-refractivity contribution >= 4 is 5.91 Å². The van der Waals surface area contributed by atoms with Crippen LogP contribution in [0.15, 0.2) is 0 Å². The number of nitrogens with zero attached hydrogens (tertiary/aromatic N) is 1. The predicted molar refractivity (Wildman–Crippen MR) is 90.1 cm³/mol. The summed E-state index contributed by atoms with van der Waals surface area (Å²) in [6.45, 7) is 10.2. The zero-order valence-electron chi connectivity index (χ0n) is 14.7. The Kier molecular flexibility index (Phi) is 7.72. The third-order valence-electron chi connectivity index (χ3n) is 5.11. The van der Waals surface area contributed by atoms with Crippen LogP contribution in [0.3, 0.4) is 0 Å². The third-order valence-corrected chi connectivity index (χ3v) is 5.11. The maximum absolute atomic E-state index is 13.3. The fraction of sp³-hybridized carbons (Fsp3) is 0.944. The molecular formula is C18H36N2O. The van der Waals surface area contributed by atoms with Crippen molar-refractivity contribution in [1.29, 1.82) is 0 Å². The molecule has 0 aromatic heterocycles. The number of hydrogen-bond acceptors (Lipinski definition) is 2. The SMILES string of the molecule is CCC(CC)N(CC(C)C)C(=O)C1(CN)CCCCCC1. The molecule has 124 valence electrons. The molecule has 3 nitrogen and oxygen atoms in total. The van der Waals surface area contributed by atoms with Gasteiger partial charge in [0.15, 0.2) is 0 Å². The van der Waals surface area contributed by atoms with Gasteiger partial charge in [-0.1, -0.05) is 53.4 Å². The van der Waals surface area contributed by atoms with Crippen LogP contribution >= 0.6 is 0 Å². The van der Waals surface area contributed by atoms with E-state index in [9.17, 15) is 4.79 Å². The van der Waals surface area contributed by atoms with Crippen molar-refractivity contribution in [2.75, 3.05) is 13.1 Å². The van der Waals surface area contributed by atoms with Gasteiger partial charge in [-0.15, -0.1) is 0 Å². The van der Waals surface area contributed by atoms with Gasteiger partial charge in [-0.2, -0.15) is 0 Å². The molecule has 3 heteroatoms. The smallest absolute Gasteiger partial charge is 0.230 e. The van der Waals surface area contributed by atoms with Crippen molar-refractivity contribution in [2.45, 2.75) is 85.1 Å². The molecule has 0 aromatic rings. The topological polar surface area (TPSA) is 46.3 Å². The Morgan fingerprint density at radius 3 is 2.00 bits per heavy atom. The van der Waals surface area contributed by atoms with Gasteiger partial charge < -0.3 is 10.6 Å². The summed E-state index contributed by atoms with van der Waals surface area (Å²) in [6, 6.07) is 0.367. The molecule has 0 aromatic carbocycles. The van der Waals surface area contributed by atoms with E-state index < -0.39 is 0 Å². The molecule has 0 aliphatic heterocycles. The molecule has 0 spiro atoms. The lowest BCUT2D eigenvalue weighted by Crippen LogP contribution is -2.52. The molecule has 1 aliphatic carbocycles. The Bertz CT molecular complexity index is 302. The van der Waals surface area contributed by atoms with Crippen LogP contribution in [0.25, 0.3) is 0 Å². The van der Waals surface area contributed by atoms with E-state index in [1.807, 2.05) is 0 Å². The van der Waals surface area contributed by atoms with E-state index >= 15 is 0 Å². The number of amides is 1. The first kappa shape index (κ1) is 18.5.